The lowest BCUT2D eigenvalue weighted by molar-refractivity contribution is -0.123. The quantitative estimate of drug-likeness (QED) is 0.835. The van der Waals surface area contributed by atoms with E-state index in [9.17, 15) is 4.79 Å². The molecule has 0 bridgehead atoms. The summed E-state index contributed by atoms with van der Waals surface area (Å²) in [5.74, 6) is 0.551. The Kier molecular flexibility index (Phi) is 4.20. The highest BCUT2D eigenvalue weighted by atomic mass is 16.1. The Bertz CT molecular complexity index is 579. The molecule has 20 heavy (non-hydrogen) atoms. The molecular weight excluding hydrogens is 252 g/mol. The van der Waals surface area contributed by atoms with E-state index in [1.54, 1.807) is 13.2 Å². The van der Waals surface area contributed by atoms with Crippen LogP contribution in [0.3, 0.4) is 0 Å². The fourth-order valence-corrected chi connectivity index (χ4v) is 2.05. The van der Waals surface area contributed by atoms with Crippen molar-refractivity contribution < 1.29 is 4.79 Å². The van der Waals surface area contributed by atoms with Crippen molar-refractivity contribution in [3.8, 4) is 11.4 Å². The molecule has 5 heteroatoms. The molecule has 1 atom stereocenters. The number of amides is 1. The molecule has 0 fully saturated rings. The summed E-state index contributed by atoms with van der Waals surface area (Å²) in [5, 5.41) is 2.99. The highest BCUT2D eigenvalue weighted by Crippen LogP contribution is 2.19. The van der Waals surface area contributed by atoms with Crippen molar-refractivity contribution in [2.24, 2.45) is 5.73 Å². The van der Waals surface area contributed by atoms with Crippen LogP contribution in [0.1, 0.15) is 13.3 Å². The number of rotatable bonds is 6. The van der Waals surface area contributed by atoms with Crippen molar-refractivity contribution in [2.75, 3.05) is 7.05 Å². The van der Waals surface area contributed by atoms with Crippen LogP contribution in [0, 0.1) is 0 Å². The van der Waals surface area contributed by atoms with Crippen LogP contribution in [0.5, 0.6) is 0 Å². The molecule has 0 saturated heterocycles. The third-order valence-electron chi connectivity index (χ3n) is 3.70. The first-order valence-electron chi connectivity index (χ1n) is 6.62. The smallest absolute Gasteiger partial charge is 0.237 e. The molecular formula is C15H20N4O. The fourth-order valence-electron chi connectivity index (χ4n) is 2.05. The van der Waals surface area contributed by atoms with E-state index in [1.807, 2.05) is 48.0 Å². The average Bonchev–Trinajstić information content (AvgIpc) is 2.94. The van der Waals surface area contributed by atoms with E-state index < -0.39 is 5.54 Å². The maximum atomic E-state index is 11.5. The first kappa shape index (κ1) is 14.3. The number of aryl methyl sites for hydroxylation is 1. The Labute approximate surface area is 118 Å². The molecule has 0 spiro atoms. The van der Waals surface area contributed by atoms with Gasteiger partial charge in [0, 0.05) is 24.5 Å². The number of hydrogen-bond donors (Lipinski definition) is 2. The molecule has 2 rings (SSSR count). The largest absolute Gasteiger partial charge is 0.368 e. The molecule has 3 N–H and O–H groups in total. The van der Waals surface area contributed by atoms with Gasteiger partial charge in [0.25, 0.3) is 0 Å². The lowest BCUT2D eigenvalue weighted by Crippen LogP contribution is -2.52. The highest BCUT2D eigenvalue weighted by molar-refractivity contribution is 5.84. The molecule has 0 aliphatic heterocycles. The second-order valence-corrected chi connectivity index (χ2v) is 5.01. The molecule has 5 nitrogen and oxygen atoms in total. The van der Waals surface area contributed by atoms with Crippen molar-refractivity contribution in [1.82, 2.24) is 14.9 Å². The van der Waals surface area contributed by atoms with Gasteiger partial charge in [0.1, 0.15) is 5.82 Å². The Morgan fingerprint density at radius 2 is 2.10 bits per heavy atom. The normalized spacial score (nSPS) is 13.9. The van der Waals surface area contributed by atoms with Crippen LogP contribution >= 0.6 is 0 Å². The van der Waals surface area contributed by atoms with Gasteiger partial charge in [-0.2, -0.15) is 0 Å². The van der Waals surface area contributed by atoms with E-state index in [4.69, 9.17) is 5.73 Å². The van der Waals surface area contributed by atoms with Gasteiger partial charge in [0.05, 0.1) is 5.54 Å². The maximum absolute atomic E-state index is 11.5. The fraction of sp³-hybridized carbons (Fsp3) is 0.333. The molecule has 1 heterocycles. The lowest BCUT2D eigenvalue weighted by Gasteiger charge is -2.25. The highest BCUT2D eigenvalue weighted by Gasteiger charge is 2.28. The Morgan fingerprint density at radius 1 is 1.40 bits per heavy atom. The number of nitrogens with two attached hydrogens (primary N) is 1. The minimum absolute atomic E-state index is 0.346. The molecule has 1 unspecified atom stereocenters. The van der Waals surface area contributed by atoms with Gasteiger partial charge in [-0.1, -0.05) is 30.3 Å². The van der Waals surface area contributed by atoms with Gasteiger partial charge < -0.3 is 15.6 Å². The number of benzene rings is 1. The molecule has 0 aliphatic rings. The molecule has 0 aliphatic carbocycles. The van der Waals surface area contributed by atoms with Gasteiger partial charge in [0.2, 0.25) is 5.91 Å². The van der Waals surface area contributed by atoms with Crippen LogP contribution in [0.4, 0.5) is 0 Å². The van der Waals surface area contributed by atoms with Gasteiger partial charge in [-0.15, -0.1) is 0 Å². The predicted octanol–water partition coefficient (Wildman–Crippen LogP) is 1.40. The number of nitrogens with one attached hydrogen (secondary N) is 1. The first-order valence-corrected chi connectivity index (χ1v) is 6.62. The van der Waals surface area contributed by atoms with Gasteiger partial charge in [0.15, 0.2) is 0 Å². The van der Waals surface area contributed by atoms with E-state index >= 15 is 0 Å². The Balaban J connectivity index is 2.16. The second-order valence-electron chi connectivity index (χ2n) is 5.01. The summed E-state index contributed by atoms with van der Waals surface area (Å²) in [5.41, 5.74) is 5.79. The summed E-state index contributed by atoms with van der Waals surface area (Å²) in [7, 11) is 1.75. The first-order chi connectivity index (χ1) is 9.57. The van der Waals surface area contributed by atoms with E-state index in [0.717, 1.165) is 11.4 Å². The molecule has 0 radical (unpaired) electrons. The number of nitrogens with zero attached hydrogens (tertiary/aromatic N) is 2. The van der Waals surface area contributed by atoms with Crippen LogP contribution < -0.4 is 11.1 Å². The molecule has 2 aromatic rings. The van der Waals surface area contributed by atoms with E-state index in [-0.39, 0.29) is 5.91 Å². The third-order valence-corrected chi connectivity index (χ3v) is 3.70. The van der Waals surface area contributed by atoms with Crippen LogP contribution in [-0.4, -0.2) is 28.0 Å². The van der Waals surface area contributed by atoms with Crippen LogP contribution in [0.15, 0.2) is 42.7 Å². The van der Waals surface area contributed by atoms with Crippen molar-refractivity contribution >= 4 is 5.91 Å². The topological polar surface area (TPSA) is 72.9 Å². The maximum Gasteiger partial charge on any atom is 0.237 e. The predicted molar refractivity (Wildman–Crippen MR) is 78.9 cm³/mol. The number of carbonyl (C=O) groups excluding carboxylic acids is 1. The van der Waals surface area contributed by atoms with Crippen LogP contribution in [0.2, 0.25) is 0 Å². The van der Waals surface area contributed by atoms with Gasteiger partial charge in [-0.05, 0) is 20.4 Å². The average molecular weight is 272 g/mol. The van der Waals surface area contributed by atoms with Crippen LogP contribution in [0.25, 0.3) is 11.4 Å². The van der Waals surface area contributed by atoms with Gasteiger partial charge >= 0.3 is 0 Å². The molecule has 1 amide bonds. The summed E-state index contributed by atoms with van der Waals surface area (Å²) < 4.78 is 2.04. The summed E-state index contributed by atoms with van der Waals surface area (Å²) in [6.07, 6.45) is 4.29. The van der Waals surface area contributed by atoms with Crippen molar-refractivity contribution in [3.05, 3.63) is 42.7 Å². The van der Waals surface area contributed by atoms with Crippen molar-refractivity contribution in [2.45, 2.75) is 25.4 Å². The molecule has 106 valence electrons. The summed E-state index contributed by atoms with van der Waals surface area (Å²) in [6.45, 7) is 2.49. The van der Waals surface area contributed by atoms with Crippen molar-refractivity contribution in [1.29, 1.82) is 0 Å². The molecule has 1 aromatic heterocycles. The van der Waals surface area contributed by atoms with Gasteiger partial charge in [-0.25, -0.2) is 4.98 Å². The zero-order valence-electron chi connectivity index (χ0n) is 11.8. The summed E-state index contributed by atoms with van der Waals surface area (Å²) in [6, 6.07) is 9.97. The third kappa shape index (κ3) is 2.88. The number of aromatic nitrogens is 2. The standard InChI is InChI=1S/C15H20N4O/c1-15(17-2,14(16)20)8-10-19-11-9-18-13(19)12-6-4-3-5-7-12/h3-7,9,11,17H,8,10H2,1-2H3,(H2,16,20). The lowest BCUT2D eigenvalue weighted by atomic mass is 9.97. The second kappa shape index (κ2) is 5.88. The van der Waals surface area contributed by atoms with E-state index in [1.165, 1.54) is 0 Å². The summed E-state index contributed by atoms with van der Waals surface area (Å²) in [4.78, 5) is 15.9. The summed E-state index contributed by atoms with van der Waals surface area (Å²) >= 11 is 0. The Hall–Kier alpha value is -2.14. The van der Waals surface area contributed by atoms with Crippen LogP contribution in [-0.2, 0) is 11.3 Å². The van der Waals surface area contributed by atoms with E-state index in [0.29, 0.717) is 13.0 Å². The zero-order valence-corrected chi connectivity index (χ0v) is 11.8. The molecule has 0 saturated carbocycles. The number of carbonyl (C=O) groups is 1. The van der Waals surface area contributed by atoms with E-state index in [2.05, 4.69) is 10.3 Å². The monoisotopic (exact) mass is 272 g/mol. The Morgan fingerprint density at radius 3 is 2.70 bits per heavy atom. The number of imidazole rings is 1. The van der Waals surface area contributed by atoms with Crippen molar-refractivity contribution in [3.63, 3.8) is 0 Å². The minimum Gasteiger partial charge on any atom is -0.368 e. The number of hydrogen-bond acceptors (Lipinski definition) is 3. The zero-order chi connectivity index (χ0) is 14.6. The SMILES string of the molecule is CNC(C)(CCn1ccnc1-c1ccccc1)C(N)=O. The molecule has 1 aromatic carbocycles. The van der Waals surface area contributed by atoms with Gasteiger partial charge in [-0.3, -0.25) is 4.79 Å². The number of primary amides is 1. The number of likely N-dealkylation sites (N-methyl/N-ethyl adjacent to an activating group) is 1. The minimum atomic E-state index is -0.710.